The van der Waals surface area contributed by atoms with Crippen LogP contribution < -0.4 is 0 Å². The molecule has 5 rings (SSSR count). The highest BCUT2D eigenvalue weighted by atomic mass is 32.2. The average molecular weight is 911 g/mol. The molecule has 2 aliphatic heterocycles. The van der Waals surface area contributed by atoms with Gasteiger partial charge in [-0.05, 0) is 56.3 Å². The molecule has 0 aliphatic carbocycles. The maximum Gasteiger partial charge on any atom is 0.303 e. The van der Waals surface area contributed by atoms with Crippen LogP contribution in [0.5, 0.6) is 0 Å². The zero-order chi connectivity index (χ0) is 43.8. The Kier molecular flexibility index (Phi) is 16.6. The third-order valence-electron chi connectivity index (χ3n) is 9.58. The summed E-state index contributed by atoms with van der Waals surface area (Å²) in [4.78, 5) is 25.5. The van der Waals surface area contributed by atoms with Crippen molar-refractivity contribution in [2.24, 2.45) is 0 Å². The van der Waals surface area contributed by atoms with Gasteiger partial charge in [0.05, 0.1) is 28.3 Å². The van der Waals surface area contributed by atoms with Crippen LogP contribution in [-0.4, -0.2) is 116 Å². The maximum atomic E-state index is 13.3. The van der Waals surface area contributed by atoms with Crippen molar-refractivity contribution >= 4 is 52.0 Å². The zero-order valence-electron chi connectivity index (χ0n) is 34.6. The molecular formula is C41H54O15S3Si. The maximum absolute atomic E-state index is 13.3. The molecule has 0 aromatic heterocycles. The summed E-state index contributed by atoms with van der Waals surface area (Å²) in [7, 11) is -10.2. The predicted octanol–water partition coefficient (Wildman–Crippen LogP) is 5.38. The van der Waals surface area contributed by atoms with Crippen LogP contribution in [-0.2, 0) is 66.6 Å². The van der Waals surface area contributed by atoms with E-state index in [0.717, 1.165) is 35.9 Å². The molecule has 1 N–H and O–H groups in total. The molecule has 9 atom stereocenters. The van der Waals surface area contributed by atoms with Gasteiger partial charge in [-0.25, -0.2) is 0 Å². The highest BCUT2D eigenvalue weighted by Gasteiger charge is 2.52. The second kappa shape index (κ2) is 20.8. The number of esters is 2. The SMILES string of the molecule is CC(=O)O[C@@H]1[C@@H](COS(=O)(=O)c2ccc(C)cc2)O[C@H](OCC[Si](C)(C)C)C[C@H]1O[C@@H]1O[C@H](COS(=O)(=O)c2ccc(C)cc2)[C@@H](OC(C)=O)[C@H](O)[C@H]1Sc1ccccc1. The first-order valence-electron chi connectivity index (χ1n) is 19.5. The van der Waals surface area contributed by atoms with Crippen molar-refractivity contribution in [3.63, 3.8) is 0 Å². The van der Waals surface area contributed by atoms with Gasteiger partial charge in [0.1, 0.15) is 24.4 Å². The largest absolute Gasteiger partial charge is 0.457 e. The number of hydrogen-bond donors (Lipinski definition) is 1. The van der Waals surface area contributed by atoms with Gasteiger partial charge in [0.25, 0.3) is 20.2 Å². The summed E-state index contributed by atoms with van der Waals surface area (Å²) < 4.78 is 101. The number of benzene rings is 3. The summed E-state index contributed by atoms with van der Waals surface area (Å²) in [5.74, 6) is -1.50. The van der Waals surface area contributed by atoms with E-state index in [1.165, 1.54) is 31.2 Å². The molecule has 0 unspecified atom stereocenters. The van der Waals surface area contributed by atoms with Crippen molar-refractivity contribution in [1.29, 1.82) is 0 Å². The standard InChI is InChI=1S/C41H54O15S3Si/c1-26-13-17-31(18-14-26)58(45,46)50-24-34-38(52-28(3)42)33(23-36(54-34)49-21-22-60(5,6)7)55-41-40(57-30-11-9-8-10-12-30)37(44)39(53-29(4)43)35(56-41)25-51-59(47,48)32-19-15-27(2)16-20-32/h8-20,33-41,44H,21-25H2,1-7H3/t33-,34-,35-,36+,37+,38+,39-,40-,41-/m1/s1. The fraction of sp³-hybridized carbons (Fsp3) is 0.512. The summed E-state index contributed by atoms with van der Waals surface area (Å²) >= 11 is 1.15. The molecule has 2 fully saturated rings. The van der Waals surface area contributed by atoms with Crippen molar-refractivity contribution < 1.29 is 68.3 Å². The normalized spacial score (nSPS) is 26.3. The number of carbonyl (C=O) groups excluding carboxylic acids is 2. The van der Waals surface area contributed by atoms with Crippen LogP contribution in [0.2, 0.25) is 25.7 Å². The Bertz CT molecular complexity index is 2100. The number of carbonyl (C=O) groups is 2. The third kappa shape index (κ3) is 13.6. The highest BCUT2D eigenvalue weighted by Crippen LogP contribution is 2.39. The molecule has 2 aliphatic rings. The number of hydrogen-bond acceptors (Lipinski definition) is 16. The number of rotatable bonds is 18. The molecule has 0 amide bonds. The lowest BCUT2D eigenvalue weighted by molar-refractivity contribution is -0.312. The Morgan fingerprint density at radius 2 is 1.25 bits per heavy atom. The van der Waals surface area contributed by atoms with E-state index < -0.39 is 108 Å². The van der Waals surface area contributed by atoms with E-state index in [2.05, 4.69) is 19.6 Å². The lowest BCUT2D eigenvalue weighted by atomic mass is 9.99. The molecule has 0 spiro atoms. The van der Waals surface area contributed by atoms with Crippen LogP contribution in [0.3, 0.4) is 0 Å². The minimum atomic E-state index is -4.35. The van der Waals surface area contributed by atoms with E-state index >= 15 is 0 Å². The summed E-state index contributed by atoms with van der Waals surface area (Å²) in [6.07, 6.45) is -10.4. The minimum absolute atomic E-state index is 0.0418. The predicted molar refractivity (Wildman–Crippen MR) is 223 cm³/mol. The van der Waals surface area contributed by atoms with Gasteiger partial charge < -0.3 is 33.5 Å². The van der Waals surface area contributed by atoms with Crippen LogP contribution in [0, 0.1) is 13.8 Å². The van der Waals surface area contributed by atoms with Gasteiger partial charge in [-0.2, -0.15) is 16.8 Å². The Balaban J connectivity index is 1.49. The van der Waals surface area contributed by atoms with Crippen molar-refractivity contribution in [2.75, 3.05) is 19.8 Å². The third-order valence-corrected chi connectivity index (χ3v) is 15.2. The first-order valence-corrected chi connectivity index (χ1v) is 26.9. The number of aliphatic hydroxyl groups excluding tert-OH is 1. The molecule has 3 aromatic rings. The fourth-order valence-corrected chi connectivity index (χ4v) is 10.1. The summed E-state index contributed by atoms with van der Waals surface area (Å²) in [6.45, 7) is 11.5. The number of ether oxygens (including phenoxy) is 6. The number of aliphatic hydroxyl groups is 1. The minimum Gasteiger partial charge on any atom is -0.457 e. The molecule has 330 valence electrons. The lowest BCUT2D eigenvalue weighted by Gasteiger charge is -2.47. The van der Waals surface area contributed by atoms with Gasteiger partial charge in [0.2, 0.25) is 0 Å². The second-order valence-electron chi connectivity index (χ2n) is 15.9. The Morgan fingerprint density at radius 3 is 1.75 bits per heavy atom. The molecule has 0 radical (unpaired) electrons. The lowest BCUT2D eigenvalue weighted by Crippen LogP contribution is -2.62. The van der Waals surface area contributed by atoms with Crippen LogP contribution in [0.15, 0.2) is 93.5 Å². The number of thioether (sulfide) groups is 1. The Hall–Kier alpha value is -3.21. The monoisotopic (exact) mass is 910 g/mol. The van der Waals surface area contributed by atoms with E-state index in [-0.39, 0.29) is 16.2 Å². The van der Waals surface area contributed by atoms with Crippen LogP contribution in [0.4, 0.5) is 0 Å². The first kappa shape index (κ1) is 47.8. The van der Waals surface area contributed by atoms with E-state index in [4.69, 9.17) is 36.8 Å². The summed E-state index contributed by atoms with van der Waals surface area (Å²) in [6, 6.07) is 21.8. The van der Waals surface area contributed by atoms with E-state index in [9.17, 15) is 31.5 Å². The molecule has 0 bridgehead atoms. The quantitative estimate of drug-likeness (QED) is 0.0970. The van der Waals surface area contributed by atoms with E-state index in [1.54, 1.807) is 55.5 Å². The second-order valence-corrected chi connectivity index (χ2v) is 26.0. The molecule has 60 heavy (non-hydrogen) atoms. The Morgan fingerprint density at radius 1 is 0.750 bits per heavy atom. The Labute approximate surface area is 357 Å². The topological polar surface area (TPSA) is 196 Å². The van der Waals surface area contributed by atoms with Crippen molar-refractivity contribution in [3.05, 3.63) is 90.0 Å². The zero-order valence-corrected chi connectivity index (χ0v) is 38.1. The molecule has 0 saturated carbocycles. The molecule has 19 heteroatoms. The van der Waals surface area contributed by atoms with Gasteiger partial charge in [-0.1, -0.05) is 73.2 Å². The van der Waals surface area contributed by atoms with E-state index in [1.807, 2.05) is 13.0 Å². The summed E-state index contributed by atoms with van der Waals surface area (Å²) in [5, 5.41) is 11.0. The number of aryl methyl sites for hydroxylation is 2. The molecule has 2 saturated heterocycles. The molecule has 15 nitrogen and oxygen atoms in total. The summed E-state index contributed by atoms with van der Waals surface area (Å²) in [5.41, 5.74) is 1.67. The average Bonchev–Trinajstić information content (AvgIpc) is 3.17. The van der Waals surface area contributed by atoms with Gasteiger partial charge in [0, 0.05) is 39.8 Å². The highest BCUT2D eigenvalue weighted by molar-refractivity contribution is 8.00. The van der Waals surface area contributed by atoms with Crippen LogP contribution in [0.1, 0.15) is 31.4 Å². The first-order chi connectivity index (χ1) is 28.2. The van der Waals surface area contributed by atoms with Crippen LogP contribution in [0.25, 0.3) is 0 Å². The van der Waals surface area contributed by atoms with Gasteiger partial charge in [0.15, 0.2) is 24.8 Å². The van der Waals surface area contributed by atoms with Crippen LogP contribution >= 0.6 is 11.8 Å². The molecule has 3 aromatic carbocycles. The van der Waals surface area contributed by atoms with Crippen molar-refractivity contribution in [3.8, 4) is 0 Å². The smallest absolute Gasteiger partial charge is 0.303 e. The van der Waals surface area contributed by atoms with Gasteiger partial charge >= 0.3 is 11.9 Å². The van der Waals surface area contributed by atoms with Crippen molar-refractivity contribution in [1.82, 2.24) is 0 Å². The molecular weight excluding hydrogens is 857 g/mol. The van der Waals surface area contributed by atoms with Crippen molar-refractivity contribution in [2.45, 2.75) is 129 Å². The van der Waals surface area contributed by atoms with Gasteiger partial charge in [-0.15, -0.1) is 11.8 Å². The fourth-order valence-electron chi connectivity index (χ4n) is 6.39. The molecule has 2 heterocycles. The van der Waals surface area contributed by atoms with Gasteiger partial charge in [-0.3, -0.25) is 18.0 Å². The van der Waals surface area contributed by atoms with E-state index in [0.29, 0.717) is 11.5 Å².